The standard InChI is InChI=1S/C18H17F6N3O4S/c19-17(20,21)9-31-10-1-2-14(12(5-10)18(22,23)24)32(29,30)11-6-13(26-7-11)15(28)27-16(8-25)3-4-16/h1-2,5,11,13,26H,3-4,6-7,9H2,(H,27,28)/t11-,13+/m1/s1. The van der Waals surface area contributed by atoms with Crippen LogP contribution >= 0.6 is 0 Å². The Hall–Kier alpha value is -2.53. The summed E-state index contributed by atoms with van der Waals surface area (Å²) >= 11 is 0. The molecule has 1 aromatic carbocycles. The SMILES string of the molecule is N#CC1(NC(=O)[C@@H]2C[C@@H](S(=O)(=O)c3ccc(OCC(F)(F)F)cc3C(F)(F)F)CN2)CC1. The maximum atomic E-state index is 13.5. The molecule has 0 radical (unpaired) electrons. The zero-order valence-electron chi connectivity index (χ0n) is 16.2. The van der Waals surface area contributed by atoms with Gasteiger partial charge < -0.3 is 15.4 Å². The second kappa shape index (κ2) is 8.11. The van der Waals surface area contributed by atoms with E-state index in [2.05, 4.69) is 15.4 Å². The summed E-state index contributed by atoms with van der Waals surface area (Å²) in [6, 6.07) is 2.38. The van der Waals surface area contributed by atoms with E-state index in [1.54, 1.807) is 0 Å². The molecular formula is C18H17F6N3O4S. The van der Waals surface area contributed by atoms with Crippen molar-refractivity contribution in [2.75, 3.05) is 13.2 Å². The highest BCUT2D eigenvalue weighted by Gasteiger charge is 2.48. The van der Waals surface area contributed by atoms with E-state index in [-0.39, 0.29) is 19.0 Å². The molecule has 0 unspecified atom stereocenters. The fourth-order valence-electron chi connectivity index (χ4n) is 3.27. The molecule has 1 saturated heterocycles. The zero-order chi connectivity index (χ0) is 23.9. The Kier molecular flexibility index (Phi) is 6.11. The van der Waals surface area contributed by atoms with Crippen molar-refractivity contribution in [1.82, 2.24) is 10.6 Å². The molecule has 1 aliphatic carbocycles. The largest absolute Gasteiger partial charge is 0.484 e. The Labute approximate surface area is 178 Å². The number of carbonyl (C=O) groups excluding carboxylic acids is 1. The molecule has 3 rings (SSSR count). The number of halogens is 6. The molecule has 2 atom stereocenters. The molecule has 1 aliphatic heterocycles. The first-order valence-electron chi connectivity index (χ1n) is 9.28. The normalized spacial score (nSPS) is 22.8. The van der Waals surface area contributed by atoms with Gasteiger partial charge in [0.2, 0.25) is 5.91 Å². The van der Waals surface area contributed by atoms with E-state index in [0.717, 1.165) is 0 Å². The molecular weight excluding hydrogens is 468 g/mol. The third kappa shape index (κ3) is 5.26. The molecule has 176 valence electrons. The molecule has 14 heteroatoms. The van der Waals surface area contributed by atoms with E-state index in [9.17, 15) is 39.6 Å². The van der Waals surface area contributed by atoms with Gasteiger partial charge in [-0.25, -0.2) is 8.42 Å². The fraction of sp³-hybridized carbons (Fsp3) is 0.556. The molecule has 2 aliphatic rings. The van der Waals surface area contributed by atoms with E-state index in [0.29, 0.717) is 25.0 Å². The first-order chi connectivity index (χ1) is 14.7. The van der Waals surface area contributed by atoms with Gasteiger partial charge in [-0.2, -0.15) is 31.6 Å². The van der Waals surface area contributed by atoms with Crippen molar-refractivity contribution in [1.29, 1.82) is 5.26 Å². The second-order valence-electron chi connectivity index (χ2n) is 7.61. The van der Waals surface area contributed by atoms with Crippen LogP contribution < -0.4 is 15.4 Å². The third-order valence-corrected chi connectivity index (χ3v) is 7.34. The van der Waals surface area contributed by atoms with Crippen LogP contribution in [0.2, 0.25) is 0 Å². The summed E-state index contributed by atoms with van der Waals surface area (Å²) in [5.41, 5.74) is -2.66. The summed E-state index contributed by atoms with van der Waals surface area (Å²) in [6.07, 6.45) is -9.42. The lowest BCUT2D eigenvalue weighted by molar-refractivity contribution is -0.153. The van der Waals surface area contributed by atoms with E-state index in [1.807, 2.05) is 6.07 Å². The monoisotopic (exact) mass is 485 g/mol. The van der Waals surface area contributed by atoms with E-state index >= 15 is 0 Å². The van der Waals surface area contributed by atoms with Crippen LogP contribution in [0.5, 0.6) is 5.75 Å². The van der Waals surface area contributed by atoms with Crippen molar-refractivity contribution in [3.63, 3.8) is 0 Å². The van der Waals surface area contributed by atoms with Crippen molar-refractivity contribution < 1.29 is 44.3 Å². The number of amides is 1. The van der Waals surface area contributed by atoms with Gasteiger partial charge in [-0.1, -0.05) is 0 Å². The predicted octanol–water partition coefficient (Wildman–Crippen LogP) is 2.32. The Morgan fingerprint density at radius 1 is 1.25 bits per heavy atom. The van der Waals surface area contributed by atoms with Gasteiger partial charge in [0.15, 0.2) is 16.4 Å². The van der Waals surface area contributed by atoms with Gasteiger partial charge >= 0.3 is 12.4 Å². The highest BCUT2D eigenvalue weighted by atomic mass is 32.2. The number of rotatable bonds is 6. The molecule has 1 aromatic rings. The first kappa shape index (κ1) is 24.1. The van der Waals surface area contributed by atoms with Gasteiger partial charge in [-0.3, -0.25) is 4.79 Å². The van der Waals surface area contributed by atoms with Crippen LogP contribution in [-0.4, -0.2) is 50.5 Å². The highest BCUT2D eigenvalue weighted by molar-refractivity contribution is 7.92. The highest BCUT2D eigenvalue weighted by Crippen LogP contribution is 2.39. The minimum Gasteiger partial charge on any atom is -0.484 e. The molecule has 7 nitrogen and oxygen atoms in total. The first-order valence-corrected chi connectivity index (χ1v) is 10.8. The number of ether oxygens (including phenoxy) is 1. The van der Waals surface area contributed by atoms with Crippen LogP contribution in [0.1, 0.15) is 24.8 Å². The number of hydrogen-bond donors (Lipinski definition) is 2. The van der Waals surface area contributed by atoms with Crippen molar-refractivity contribution in [3.05, 3.63) is 23.8 Å². The number of carbonyl (C=O) groups is 1. The van der Waals surface area contributed by atoms with Crippen LogP contribution in [0, 0.1) is 11.3 Å². The lowest BCUT2D eigenvalue weighted by Gasteiger charge is -2.18. The molecule has 32 heavy (non-hydrogen) atoms. The quantitative estimate of drug-likeness (QED) is 0.599. The van der Waals surface area contributed by atoms with E-state index < -0.39 is 67.7 Å². The molecule has 1 heterocycles. The average molecular weight is 485 g/mol. The van der Waals surface area contributed by atoms with E-state index in [1.165, 1.54) is 0 Å². The topological polar surface area (TPSA) is 108 Å². The summed E-state index contributed by atoms with van der Waals surface area (Å²) < 4.78 is 107. The van der Waals surface area contributed by atoms with Crippen molar-refractivity contribution in [2.24, 2.45) is 0 Å². The second-order valence-corrected chi connectivity index (χ2v) is 9.80. The number of benzene rings is 1. The molecule has 2 fully saturated rings. The summed E-state index contributed by atoms with van der Waals surface area (Å²) in [6.45, 7) is -2.16. The van der Waals surface area contributed by atoms with Gasteiger partial charge in [0, 0.05) is 6.54 Å². The fourth-order valence-corrected chi connectivity index (χ4v) is 5.12. The molecule has 1 amide bonds. The van der Waals surface area contributed by atoms with Crippen LogP contribution in [-0.2, 0) is 20.8 Å². The van der Waals surface area contributed by atoms with Crippen LogP contribution in [0.3, 0.4) is 0 Å². The lowest BCUT2D eigenvalue weighted by Crippen LogP contribution is -2.45. The van der Waals surface area contributed by atoms with E-state index in [4.69, 9.17) is 5.26 Å². The summed E-state index contributed by atoms with van der Waals surface area (Å²) in [5, 5.41) is 12.8. The molecule has 0 aromatic heterocycles. The maximum absolute atomic E-state index is 13.5. The summed E-state index contributed by atoms with van der Waals surface area (Å²) in [4.78, 5) is 11.2. The number of sulfone groups is 1. The van der Waals surface area contributed by atoms with Crippen LogP contribution in [0.15, 0.2) is 23.1 Å². The Morgan fingerprint density at radius 2 is 1.91 bits per heavy atom. The third-order valence-electron chi connectivity index (χ3n) is 5.14. The molecule has 0 spiro atoms. The van der Waals surface area contributed by atoms with Crippen LogP contribution in [0.4, 0.5) is 26.3 Å². The number of nitrogens with zero attached hydrogens (tertiary/aromatic N) is 1. The summed E-state index contributed by atoms with van der Waals surface area (Å²) in [5.74, 6) is -1.42. The number of nitrogens with one attached hydrogen (secondary N) is 2. The average Bonchev–Trinajstić information content (AvgIpc) is 3.26. The van der Waals surface area contributed by atoms with Gasteiger partial charge in [-0.15, -0.1) is 0 Å². The van der Waals surface area contributed by atoms with Crippen molar-refractivity contribution in [3.8, 4) is 11.8 Å². The Balaban J connectivity index is 1.81. The minimum absolute atomic E-state index is 0.203. The molecule has 0 bridgehead atoms. The van der Waals surface area contributed by atoms with Gasteiger partial charge in [0.1, 0.15) is 11.3 Å². The Morgan fingerprint density at radius 3 is 2.44 bits per heavy atom. The summed E-state index contributed by atoms with van der Waals surface area (Å²) in [7, 11) is -4.62. The van der Waals surface area contributed by atoms with Crippen molar-refractivity contribution in [2.45, 2.75) is 53.3 Å². The number of alkyl halides is 6. The van der Waals surface area contributed by atoms with Crippen molar-refractivity contribution >= 4 is 15.7 Å². The zero-order valence-corrected chi connectivity index (χ0v) is 17.0. The van der Waals surface area contributed by atoms with Crippen LogP contribution in [0.25, 0.3) is 0 Å². The predicted molar refractivity (Wildman–Crippen MR) is 96.1 cm³/mol. The Bertz CT molecular complexity index is 1040. The van der Waals surface area contributed by atoms with Gasteiger partial charge in [-0.05, 0) is 37.5 Å². The maximum Gasteiger partial charge on any atom is 0.422 e. The number of hydrogen-bond acceptors (Lipinski definition) is 6. The number of nitriles is 1. The van der Waals surface area contributed by atoms with Gasteiger partial charge in [0.05, 0.1) is 27.8 Å². The minimum atomic E-state index is -5.19. The smallest absolute Gasteiger partial charge is 0.422 e. The van der Waals surface area contributed by atoms with Gasteiger partial charge in [0.25, 0.3) is 0 Å². The molecule has 2 N–H and O–H groups in total. The molecule has 1 saturated carbocycles. The lowest BCUT2D eigenvalue weighted by atomic mass is 10.2.